The molecule has 12 heteroatoms. The fourth-order valence-corrected chi connectivity index (χ4v) is 3.05. The van der Waals surface area contributed by atoms with Crippen LogP contribution in [0.25, 0.3) is 0 Å². The van der Waals surface area contributed by atoms with E-state index in [1.807, 2.05) is 0 Å². The Balaban J connectivity index is 1.99. The summed E-state index contributed by atoms with van der Waals surface area (Å²) in [6.07, 6.45) is -5.35. The first-order valence-electron chi connectivity index (χ1n) is 8.57. The molecule has 3 rings (SSSR count). The number of methoxy groups -OCH3 is 2. The standard InChI is InChI=1S/C19H15ClF3N3O5/c1-30-13-8-3-10(9-14(13)31-2)15(27)24-18(19(21,22)23)16(28)26(17(29)25-18)12-6-4-11(20)5-7-12/h3-9H,1-2H3,(H,24,27)(H,25,29)/t18-/m1/s1. The Morgan fingerprint density at radius 3 is 2.23 bits per heavy atom. The van der Waals surface area contributed by atoms with Crippen LogP contribution in [0, 0.1) is 0 Å². The zero-order valence-corrected chi connectivity index (χ0v) is 16.8. The van der Waals surface area contributed by atoms with Crippen LogP contribution in [-0.2, 0) is 4.79 Å². The molecular weight excluding hydrogens is 443 g/mol. The molecule has 0 aliphatic carbocycles. The lowest BCUT2D eigenvalue weighted by Gasteiger charge is -2.30. The van der Waals surface area contributed by atoms with Crippen molar-refractivity contribution in [2.45, 2.75) is 11.8 Å². The minimum absolute atomic E-state index is 0.0841. The fourth-order valence-electron chi connectivity index (χ4n) is 2.92. The van der Waals surface area contributed by atoms with E-state index in [0.29, 0.717) is 0 Å². The number of amides is 4. The number of alkyl halides is 3. The molecule has 1 aliphatic heterocycles. The van der Waals surface area contributed by atoms with E-state index in [4.69, 9.17) is 21.1 Å². The number of hydrogen-bond acceptors (Lipinski definition) is 5. The average molecular weight is 458 g/mol. The second-order valence-electron chi connectivity index (χ2n) is 6.32. The Bertz CT molecular complexity index is 1050. The van der Waals surface area contributed by atoms with E-state index in [1.165, 1.54) is 50.6 Å². The van der Waals surface area contributed by atoms with Crippen LogP contribution in [0.2, 0.25) is 5.02 Å². The monoisotopic (exact) mass is 457 g/mol. The predicted octanol–water partition coefficient (Wildman–Crippen LogP) is 3.10. The van der Waals surface area contributed by atoms with E-state index in [1.54, 1.807) is 10.6 Å². The molecule has 2 N–H and O–H groups in total. The van der Waals surface area contributed by atoms with Gasteiger partial charge in [-0.05, 0) is 42.5 Å². The lowest BCUT2D eigenvalue weighted by atomic mass is 10.1. The van der Waals surface area contributed by atoms with E-state index in [9.17, 15) is 27.6 Å². The molecular formula is C19H15ClF3N3O5. The molecule has 1 fully saturated rings. The first kappa shape index (κ1) is 22.2. The van der Waals surface area contributed by atoms with Crippen molar-refractivity contribution in [3.63, 3.8) is 0 Å². The first-order valence-corrected chi connectivity index (χ1v) is 8.95. The van der Waals surface area contributed by atoms with Crippen molar-refractivity contribution in [1.29, 1.82) is 0 Å². The van der Waals surface area contributed by atoms with E-state index in [-0.39, 0.29) is 32.7 Å². The number of ether oxygens (including phenoxy) is 2. The zero-order valence-electron chi connectivity index (χ0n) is 16.0. The molecule has 0 bridgehead atoms. The second-order valence-corrected chi connectivity index (χ2v) is 6.76. The minimum atomic E-state index is -5.35. The average Bonchev–Trinajstić information content (AvgIpc) is 2.98. The van der Waals surface area contributed by atoms with Crippen molar-refractivity contribution in [3.8, 4) is 11.5 Å². The van der Waals surface area contributed by atoms with E-state index < -0.39 is 29.7 Å². The molecule has 0 radical (unpaired) electrons. The van der Waals surface area contributed by atoms with Crippen LogP contribution < -0.4 is 25.0 Å². The topological polar surface area (TPSA) is 97.0 Å². The highest BCUT2D eigenvalue weighted by Gasteiger charge is 2.69. The number of anilines is 1. The minimum Gasteiger partial charge on any atom is -0.493 e. The third-order valence-corrected chi connectivity index (χ3v) is 4.73. The lowest BCUT2D eigenvalue weighted by molar-refractivity contribution is -0.197. The number of carbonyl (C=O) groups excluding carboxylic acids is 3. The van der Waals surface area contributed by atoms with Gasteiger partial charge < -0.3 is 14.8 Å². The second kappa shape index (κ2) is 7.99. The molecule has 1 saturated heterocycles. The van der Waals surface area contributed by atoms with Crippen molar-refractivity contribution < 1.29 is 37.0 Å². The van der Waals surface area contributed by atoms with Gasteiger partial charge in [0.1, 0.15) is 0 Å². The van der Waals surface area contributed by atoms with Crippen molar-refractivity contribution >= 4 is 35.1 Å². The van der Waals surface area contributed by atoms with Gasteiger partial charge in [-0.2, -0.15) is 13.2 Å². The Hall–Kier alpha value is -3.47. The first-order chi connectivity index (χ1) is 14.5. The summed E-state index contributed by atoms with van der Waals surface area (Å²) in [4.78, 5) is 38.0. The maximum atomic E-state index is 14.0. The molecule has 0 saturated carbocycles. The SMILES string of the molecule is COc1ccc(C(=O)N[C@@]2(C(F)(F)F)NC(=O)N(c3ccc(Cl)cc3)C2=O)cc1OC. The molecule has 0 aromatic heterocycles. The van der Waals surface area contributed by atoms with Gasteiger partial charge in [0.25, 0.3) is 17.5 Å². The van der Waals surface area contributed by atoms with Crippen LogP contribution >= 0.6 is 11.6 Å². The summed E-state index contributed by atoms with van der Waals surface area (Å²) in [5.74, 6) is -2.67. The molecule has 1 aliphatic rings. The number of carbonyl (C=O) groups is 3. The highest BCUT2D eigenvalue weighted by Crippen LogP contribution is 2.36. The van der Waals surface area contributed by atoms with Crippen LogP contribution in [-0.4, -0.2) is 43.9 Å². The number of imide groups is 1. The molecule has 31 heavy (non-hydrogen) atoms. The molecule has 2 aromatic rings. The van der Waals surface area contributed by atoms with E-state index in [2.05, 4.69) is 0 Å². The maximum absolute atomic E-state index is 14.0. The summed E-state index contributed by atoms with van der Waals surface area (Å²) >= 11 is 5.74. The fraction of sp³-hybridized carbons (Fsp3) is 0.211. The van der Waals surface area contributed by atoms with Gasteiger partial charge in [-0.3, -0.25) is 14.9 Å². The number of benzene rings is 2. The van der Waals surface area contributed by atoms with Gasteiger partial charge in [0.2, 0.25) is 0 Å². The van der Waals surface area contributed by atoms with Crippen molar-refractivity contribution in [3.05, 3.63) is 53.1 Å². The van der Waals surface area contributed by atoms with Gasteiger partial charge >= 0.3 is 12.2 Å². The predicted molar refractivity (Wildman–Crippen MR) is 103 cm³/mol. The summed E-state index contributed by atoms with van der Waals surface area (Å²) in [6.45, 7) is 0. The number of hydrogen-bond donors (Lipinski definition) is 2. The maximum Gasteiger partial charge on any atom is 0.440 e. The molecule has 8 nitrogen and oxygen atoms in total. The Labute approximate surface area is 178 Å². The Kier molecular flexibility index (Phi) is 5.72. The summed E-state index contributed by atoms with van der Waals surface area (Å²) in [7, 11) is 2.62. The van der Waals surface area contributed by atoms with Gasteiger partial charge in [-0.15, -0.1) is 0 Å². The van der Waals surface area contributed by atoms with Crippen molar-refractivity contribution in [2.75, 3.05) is 19.1 Å². The van der Waals surface area contributed by atoms with Crippen molar-refractivity contribution in [1.82, 2.24) is 10.6 Å². The van der Waals surface area contributed by atoms with E-state index in [0.717, 1.165) is 6.07 Å². The number of rotatable bonds is 5. The van der Waals surface area contributed by atoms with Gasteiger partial charge in [0.15, 0.2) is 11.5 Å². The highest BCUT2D eigenvalue weighted by molar-refractivity contribution is 6.31. The van der Waals surface area contributed by atoms with Crippen LogP contribution in [0.4, 0.5) is 23.7 Å². The van der Waals surface area contributed by atoms with Crippen LogP contribution in [0.5, 0.6) is 11.5 Å². The van der Waals surface area contributed by atoms with Gasteiger partial charge in [-0.1, -0.05) is 11.6 Å². The zero-order chi connectivity index (χ0) is 23.0. The van der Waals surface area contributed by atoms with Crippen LogP contribution in [0.15, 0.2) is 42.5 Å². The van der Waals surface area contributed by atoms with Crippen molar-refractivity contribution in [2.24, 2.45) is 0 Å². The molecule has 164 valence electrons. The smallest absolute Gasteiger partial charge is 0.440 e. The molecule has 4 amide bonds. The molecule has 1 atom stereocenters. The summed E-state index contributed by atoms with van der Waals surface area (Å²) in [5, 5.41) is 3.43. The number of nitrogens with one attached hydrogen (secondary N) is 2. The van der Waals surface area contributed by atoms with Crippen LogP contribution in [0.3, 0.4) is 0 Å². The number of halogens is 4. The Morgan fingerprint density at radius 1 is 1.06 bits per heavy atom. The van der Waals surface area contributed by atoms with E-state index >= 15 is 0 Å². The number of urea groups is 1. The normalized spacial score (nSPS) is 18.6. The number of nitrogens with zero attached hydrogens (tertiary/aromatic N) is 1. The largest absolute Gasteiger partial charge is 0.493 e. The molecule has 1 heterocycles. The third kappa shape index (κ3) is 3.83. The third-order valence-electron chi connectivity index (χ3n) is 4.48. The lowest BCUT2D eigenvalue weighted by Crippen LogP contribution is -2.69. The molecule has 0 unspecified atom stereocenters. The van der Waals surface area contributed by atoms with Gasteiger partial charge in [0.05, 0.1) is 19.9 Å². The summed E-state index contributed by atoms with van der Waals surface area (Å²) in [5.41, 5.74) is -4.08. The van der Waals surface area contributed by atoms with Gasteiger partial charge in [-0.25, -0.2) is 9.69 Å². The van der Waals surface area contributed by atoms with Gasteiger partial charge in [0, 0.05) is 10.6 Å². The summed E-state index contributed by atoms with van der Waals surface area (Å²) < 4.78 is 52.0. The highest BCUT2D eigenvalue weighted by atomic mass is 35.5. The van der Waals surface area contributed by atoms with Crippen LogP contribution in [0.1, 0.15) is 10.4 Å². The Morgan fingerprint density at radius 2 is 1.68 bits per heavy atom. The molecule has 0 spiro atoms. The molecule has 2 aromatic carbocycles. The quantitative estimate of drug-likeness (QED) is 0.672. The summed E-state index contributed by atoms with van der Waals surface area (Å²) in [6, 6.07) is 7.25.